The van der Waals surface area contributed by atoms with E-state index in [0.29, 0.717) is 18.8 Å². The number of aliphatic hydroxyl groups excluding tert-OH is 6. The average molecular weight is 781 g/mol. The summed E-state index contributed by atoms with van der Waals surface area (Å²) < 4.78 is 29.8. The van der Waals surface area contributed by atoms with Gasteiger partial charge in [0.15, 0.2) is 12.6 Å². The number of allylic oxidation sites excluding steroid dienone is 1. The molecule has 13 heteroatoms. The molecule has 19 atom stereocenters. The SMILES string of the molecule is COC(=O)[C@]12CC[C@@H](C)[C@@](C)(O)[C@H]1C1=CC[C@@H]3[C@@]4(C)CC[C@H](O[C@@H]5OC[C@H](O)[C@H](O)[C@H]5O[C@@H]5O[C@H](CO)[C@@H](O)[C@H](O)[C@H]5O)C(C)(C)[C@@H]4CC[C@@]3(C)[C@]1(C)CC2. The molecule has 2 aliphatic heterocycles. The van der Waals surface area contributed by atoms with Crippen LogP contribution in [0.1, 0.15) is 106 Å². The van der Waals surface area contributed by atoms with Crippen molar-refractivity contribution in [2.24, 2.45) is 50.7 Å². The molecule has 314 valence electrons. The number of hydrogen-bond acceptors (Lipinski definition) is 13. The first-order chi connectivity index (χ1) is 25.7. The maximum Gasteiger partial charge on any atom is 0.312 e. The molecule has 0 aromatic rings. The van der Waals surface area contributed by atoms with Crippen LogP contribution in [0.25, 0.3) is 0 Å². The van der Waals surface area contributed by atoms with Crippen LogP contribution < -0.4 is 0 Å². The van der Waals surface area contributed by atoms with Crippen molar-refractivity contribution in [1.82, 2.24) is 0 Å². The van der Waals surface area contributed by atoms with E-state index in [2.05, 4.69) is 47.6 Å². The third-order valence-corrected chi connectivity index (χ3v) is 17.5. The lowest BCUT2D eigenvalue weighted by Crippen LogP contribution is -2.68. The Bertz CT molecular complexity index is 1480. The Labute approximate surface area is 325 Å². The van der Waals surface area contributed by atoms with Crippen molar-refractivity contribution >= 4 is 5.97 Å². The number of fused-ring (bicyclic) bond motifs is 7. The summed E-state index contributed by atoms with van der Waals surface area (Å²) in [4.78, 5) is 13.7. The lowest BCUT2D eigenvalue weighted by molar-refractivity contribution is -0.367. The molecule has 2 saturated heterocycles. The summed E-state index contributed by atoms with van der Waals surface area (Å²) in [5.74, 6) is 0.152. The van der Waals surface area contributed by atoms with E-state index < -0.39 is 72.9 Å². The number of carbonyl (C=O) groups is 1. The highest BCUT2D eigenvalue weighted by atomic mass is 16.8. The predicted molar refractivity (Wildman–Crippen MR) is 198 cm³/mol. The van der Waals surface area contributed by atoms with Gasteiger partial charge in [-0.25, -0.2) is 0 Å². The molecule has 7 N–H and O–H groups in total. The van der Waals surface area contributed by atoms with Gasteiger partial charge in [0.05, 0.1) is 37.4 Å². The Morgan fingerprint density at radius 3 is 2.22 bits per heavy atom. The van der Waals surface area contributed by atoms with E-state index in [-0.39, 0.29) is 58.1 Å². The number of methoxy groups -OCH3 is 1. The van der Waals surface area contributed by atoms with Crippen molar-refractivity contribution in [2.75, 3.05) is 20.3 Å². The highest BCUT2D eigenvalue weighted by molar-refractivity contribution is 5.79. The van der Waals surface area contributed by atoms with Gasteiger partial charge in [-0.2, -0.15) is 0 Å². The molecule has 0 amide bonds. The van der Waals surface area contributed by atoms with Crippen molar-refractivity contribution in [3.63, 3.8) is 0 Å². The zero-order chi connectivity index (χ0) is 40.3. The zero-order valence-corrected chi connectivity index (χ0v) is 34.0. The van der Waals surface area contributed by atoms with Gasteiger partial charge in [0, 0.05) is 5.92 Å². The summed E-state index contributed by atoms with van der Waals surface area (Å²) >= 11 is 0. The Morgan fingerprint density at radius 2 is 1.55 bits per heavy atom. The van der Waals surface area contributed by atoms with Gasteiger partial charge < -0.3 is 59.4 Å². The molecule has 2 heterocycles. The van der Waals surface area contributed by atoms with Gasteiger partial charge in [-0.1, -0.05) is 53.2 Å². The standard InChI is InChI=1S/C42H68O13/c1-21-11-16-42(36(49)51-8)18-17-39(5)22(33(42)41(21,7)50)9-10-26-38(4)14-13-27(37(2,3)25(38)12-15-40(26,39)6)54-35-32(28(45)23(44)20-52-35)55-34-31(48)30(47)29(46)24(19-43)53-34/h9,21,23-35,43-48,50H,10-20H2,1-8H3/t21-,23+,24-,25+,26-,27+,28+,29-,30+,31-,32-,33-,34+,35+,38+,39-,40-,41-,42+/m1/s1. The van der Waals surface area contributed by atoms with E-state index in [1.807, 2.05) is 6.92 Å². The number of hydrogen-bond donors (Lipinski definition) is 7. The monoisotopic (exact) mass is 780 g/mol. The highest BCUT2D eigenvalue weighted by Gasteiger charge is 2.71. The minimum absolute atomic E-state index is 0.0492. The van der Waals surface area contributed by atoms with Gasteiger partial charge >= 0.3 is 5.97 Å². The fourth-order valence-electron chi connectivity index (χ4n) is 13.8. The lowest BCUT2D eigenvalue weighted by atomic mass is 9.33. The molecule has 0 bridgehead atoms. The molecule has 7 aliphatic rings. The van der Waals surface area contributed by atoms with Gasteiger partial charge in [-0.3, -0.25) is 4.79 Å². The zero-order valence-electron chi connectivity index (χ0n) is 34.0. The van der Waals surface area contributed by atoms with Crippen molar-refractivity contribution in [3.8, 4) is 0 Å². The summed E-state index contributed by atoms with van der Waals surface area (Å²) in [7, 11) is 1.48. The summed E-state index contributed by atoms with van der Waals surface area (Å²) in [6, 6.07) is 0. The first kappa shape index (κ1) is 41.9. The molecule has 5 aliphatic carbocycles. The van der Waals surface area contributed by atoms with Crippen molar-refractivity contribution < 1.29 is 64.2 Å². The molecule has 4 saturated carbocycles. The molecule has 0 aromatic carbocycles. The van der Waals surface area contributed by atoms with Gasteiger partial charge in [0.1, 0.15) is 42.7 Å². The summed E-state index contributed by atoms with van der Waals surface area (Å²) in [5.41, 5.74) is -1.24. The van der Waals surface area contributed by atoms with Crippen LogP contribution in [0.5, 0.6) is 0 Å². The van der Waals surface area contributed by atoms with Gasteiger partial charge in [-0.05, 0) is 104 Å². The van der Waals surface area contributed by atoms with E-state index in [0.717, 1.165) is 44.9 Å². The molecule has 55 heavy (non-hydrogen) atoms. The number of carbonyl (C=O) groups excluding carboxylic acids is 1. The average Bonchev–Trinajstić information content (AvgIpc) is 3.13. The number of ether oxygens (including phenoxy) is 5. The minimum atomic E-state index is -1.70. The van der Waals surface area contributed by atoms with Crippen LogP contribution in [0, 0.1) is 50.7 Å². The second-order valence-corrected chi connectivity index (χ2v) is 20.1. The summed E-state index contributed by atoms with van der Waals surface area (Å²) in [5, 5.41) is 75.0. The van der Waals surface area contributed by atoms with E-state index in [1.54, 1.807) is 0 Å². The highest BCUT2D eigenvalue weighted by Crippen LogP contribution is 2.76. The molecule has 13 nitrogen and oxygen atoms in total. The largest absolute Gasteiger partial charge is 0.469 e. The van der Waals surface area contributed by atoms with Crippen LogP contribution in [-0.2, 0) is 28.5 Å². The maximum absolute atomic E-state index is 13.7. The lowest BCUT2D eigenvalue weighted by Gasteiger charge is -2.72. The number of rotatable bonds is 6. The van der Waals surface area contributed by atoms with Crippen LogP contribution >= 0.6 is 0 Å². The molecule has 0 radical (unpaired) electrons. The van der Waals surface area contributed by atoms with Gasteiger partial charge in [-0.15, -0.1) is 0 Å². The van der Waals surface area contributed by atoms with E-state index >= 15 is 0 Å². The molecule has 0 unspecified atom stereocenters. The molecule has 6 fully saturated rings. The summed E-state index contributed by atoms with van der Waals surface area (Å²) in [6.45, 7) is 15.0. The third kappa shape index (κ3) is 5.98. The smallest absolute Gasteiger partial charge is 0.312 e. The number of esters is 1. The molecular weight excluding hydrogens is 712 g/mol. The van der Waals surface area contributed by atoms with Crippen LogP contribution in [0.15, 0.2) is 11.6 Å². The Balaban J connectivity index is 1.15. The fourth-order valence-corrected chi connectivity index (χ4v) is 13.8. The quantitative estimate of drug-likeness (QED) is 0.118. The maximum atomic E-state index is 13.7. The van der Waals surface area contributed by atoms with Gasteiger partial charge in [0.2, 0.25) is 0 Å². The topological polar surface area (TPSA) is 205 Å². The predicted octanol–water partition coefficient (Wildman–Crippen LogP) is 2.58. The molecule has 7 rings (SSSR count). The van der Waals surface area contributed by atoms with E-state index in [4.69, 9.17) is 23.7 Å². The molecule has 0 aromatic heterocycles. The van der Waals surface area contributed by atoms with Crippen LogP contribution in [-0.4, -0.2) is 129 Å². The first-order valence-corrected chi connectivity index (χ1v) is 20.8. The molecular formula is C42H68O13. The van der Waals surface area contributed by atoms with Crippen molar-refractivity contribution in [1.29, 1.82) is 0 Å². The normalized spacial score (nSPS) is 54.9. The Morgan fingerprint density at radius 1 is 0.836 bits per heavy atom. The first-order valence-electron chi connectivity index (χ1n) is 20.8. The Hall–Kier alpha value is -1.23. The van der Waals surface area contributed by atoms with Gasteiger partial charge in [0.25, 0.3) is 0 Å². The van der Waals surface area contributed by atoms with Crippen LogP contribution in [0.4, 0.5) is 0 Å². The van der Waals surface area contributed by atoms with E-state index in [9.17, 15) is 40.5 Å². The fraction of sp³-hybridized carbons (Fsp3) is 0.929. The van der Waals surface area contributed by atoms with Crippen LogP contribution in [0.2, 0.25) is 0 Å². The minimum Gasteiger partial charge on any atom is -0.469 e. The van der Waals surface area contributed by atoms with Crippen molar-refractivity contribution in [3.05, 3.63) is 11.6 Å². The Kier molecular flexibility index (Phi) is 10.8. The second kappa shape index (κ2) is 14.2. The summed E-state index contributed by atoms with van der Waals surface area (Å²) in [6.07, 6.45) is -3.41. The van der Waals surface area contributed by atoms with Crippen molar-refractivity contribution in [2.45, 2.75) is 173 Å². The number of aliphatic hydroxyl groups is 7. The second-order valence-electron chi connectivity index (χ2n) is 20.1. The van der Waals surface area contributed by atoms with E-state index in [1.165, 1.54) is 12.7 Å². The van der Waals surface area contributed by atoms with Crippen LogP contribution in [0.3, 0.4) is 0 Å². The molecule has 0 spiro atoms. The third-order valence-electron chi connectivity index (χ3n) is 17.5.